The Morgan fingerprint density at radius 1 is 1.62 bits per heavy atom. The van der Waals surface area contributed by atoms with Crippen molar-refractivity contribution in [3.05, 3.63) is 28.5 Å². The van der Waals surface area contributed by atoms with E-state index in [1.54, 1.807) is 6.07 Å². The van der Waals surface area contributed by atoms with E-state index < -0.39 is 11.7 Å². The number of hydrogen-bond donors (Lipinski definition) is 1. The fourth-order valence-corrected chi connectivity index (χ4v) is 1.23. The van der Waals surface area contributed by atoms with Gasteiger partial charge in [-0.05, 0) is 12.1 Å². The number of amides is 1. The van der Waals surface area contributed by atoms with Crippen LogP contribution in [0.3, 0.4) is 0 Å². The summed E-state index contributed by atoms with van der Waals surface area (Å²) in [6.45, 7) is 0. The number of benzene rings is 1. The van der Waals surface area contributed by atoms with Crippen LogP contribution >= 0.6 is 11.6 Å². The van der Waals surface area contributed by atoms with Crippen LogP contribution in [0.4, 0.5) is 10.1 Å². The summed E-state index contributed by atoms with van der Waals surface area (Å²) in [7, 11) is 0. The highest BCUT2D eigenvalue weighted by Crippen LogP contribution is 2.25. The molecule has 0 heterocycles. The number of rotatable bonds is 3. The summed E-state index contributed by atoms with van der Waals surface area (Å²) in [4.78, 5) is 21.5. The van der Waals surface area contributed by atoms with E-state index in [2.05, 4.69) is 5.32 Å². The van der Waals surface area contributed by atoms with Crippen molar-refractivity contribution in [1.29, 1.82) is 5.26 Å². The van der Waals surface area contributed by atoms with Gasteiger partial charge in [-0.15, -0.1) is 0 Å². The van der Waals surface area contributed by atoms with E-state index in [1.165, 1.54) is 12.1 Å². The highest BCUT2D eigenvalue weighted by atomic mass is 35.5. The Kier molecular flexibility index (Phi) is 3.97. The van der Waals surface area contributed by atoms with Crippen molar-refractivity contribution in [2.24, 2.45) is 0 Å². The number of nitrogens with one attached hydrogen (secondary N) is 1. The van der Waals surface area contributed by atoms with Gasteiger partial charge in [-0.2, -0.15) is 5.26 Å². The van der Waals surface area contributed by atoms with Gasteiger partial charge in [-0.3, -0.25) is 9.59 Å². The third-order valence-electron chi connectivity index (χ3n) is 1.75. The molecule has 0 aromatic heterocycles. The number of carbonyl (C=O) groups excluding carboxylic acids is 2. The topological polar surface area (TPSA) is 70.0 Å². The first-order chi connectivity index (χ1) is 7.60. The van der Waals surface area contributed by atoms with Crippen molar-refractivity contribution >= 4 is 29.5 Å². The molecule has 1 N–H and O–H groups in total. The second kappa shape index (κ2) is 5.24. The predicted octanol–water partition coefficient (Wildman–Crippen LogP) is 2.14. The third-order valence-corrected chi connectivity index (χ3v) is 2.14. The second-order valence-corrected chi connectivity index (χ2v) is 3.21. The Morgan fingerprint density at radius 3 is 2.88 bits per heavy atom. The zero-order valence-electron chi connectivity index (χ0n) is 7.96. The van der Waals surface area contributed by atoms with Gasteiger partial charge in [0.05, 0.1) is 16.8 Å². The van der Waals surface area contributed by atoms with Crippen LogP contribution in [0.2, 0.25) is 5.02 Å². The van der Waals surface area contributed by atoms with Gasteiger partial charge in [0.1, 0.15) is 6.42 Å². The molecule has 1 rings (SSSR count). The van der Waals surface area contributed by atoms with Gasteiger partial charge in [0.15, 0.2) is 12.1 Å². The van der Waals surface area contributed by atoms with Crippen LogP contribution in [0.1, 0.15) is 16.8 Å². The van der Waals surface area contributed by atoms with Crippen LogP contribution < -0.4 is 5.32 Å². The van der Waals surface area contributed by atoms with Gasteiger partial charge in [0.2, 0.25) is 5.91 Å². The molecule has 1 aromatic carbocycles. The van der Waals surface area contributed by atoms with E-state index in [0.717, 1.165) is 0 Å². The van der Waals surface area contributed by atoms with E-state index in [9.17, 15) is 14.0 Å². The number of hydrogen-bond acceptors (Lipinski definition) is 3. The van der Waals surface area contributed by atoms with E-state index in [-0.39, 0.29) is 22.7 Å². The number of halogens is 2. The molecule has 16 heavy (non-hydrogen) atoms. The second-order valence-electron chi connectivity index (χ2n) is 2.83. The molecule has 0 spiro atoms. The van der Waals surface area contributed by atoms with Crippen LogP contribution in [0.25, 0.3) is 0 Å². The lowest BCUT2D eigenvalue weighted by atomic mass is 10.2. The van der Waals surface area contributed by atoms with Crippen molar-refractivity contribution < 1.29 is 14.0 Å². The zero-order valence-corrected chi connectivity index (χ0v) is 8.71. The SMILES string of the molecule is N#CCC(=O)Nc1ccc(C=O)c(Cl)c1F. The Hall–Kier alpha value is -1.93. The molecule has 0 aliphatic carbocycles. The summed E-state index contributed by atoms with van der Waals surface area (Å²) < 4.78 is 13.5. The lowest BCUT2D eigenvalue weighted by molar-refractivity contribution is -0.115. The summed E-state index contributed by atoms with van der Waals surface area (Å²) >= 11 is 5.54. The molecule has 0 aliphatic heterocycles. The molecule has 4 nitrogen and oxygen atoms in total. The Balaban J connectivity index is 3.00. The summed E-state index contributed by atoms with van der Waals surface area (Å²) in [5, 5.41) is 10.1. The fraction of sp³-hybridized carbons (Fsp3) is 0.100. The molecule has 1 amide bonds. The maximum absolute atomic E-state index is 13.5. The normalized spacial score (nSPS) is 9.31. The lowest BCUT2D eigenvalue weighted by Crippen LogP contribution is -2.11. The average Bonchev–Trinajstić information content (AvgIpc) is 2.25. The van der Waals surface area contributed by atoms with Gasteiger partial charge in [-0.1, -0.05) is 11.6 Å². The van der Waals surface area contributed by atoms with Gasteiger partial charge >= 0.3 is 0 Å². The van der Waals surface area contributed by atoms with E-state index in [1.807, 2.05) is 0 Å². The molecular formula is C10H6ClFN2O2. The molecule has 0 radical (unpaired) electrons. The molecule has 82 valence electrons. The maximum atomic E-state index is 13.5. The molecule has 0 saturated heterocycles. The molecule has 0 fully saturated rings. The van der Waals surface area contributed by atoms with Crippen molar-refractivity contribution in [3.63, 3.8) is 0 Å². The smallest absolute Gasteiger partial charge is 0.238 e. The van der Waals surface area contributed by atoms with Crippen molar-refractivity contribution in [2.75, 3.05) is 5.32 Å². The van der Waals surface area contributed by atoms with Gasteiger partial charge < -0.3 is 5.32 Å². The summed E-state index contributed by atoms with van der Waals surface area (Å²) in [5.74, 6) is -1.53. The average molecular weight is 241 g/mol. The minimum atomic E-state index is -0.891. The number of aldehydes is 1. The summed E-state index contributed by atoms with van der Waals surface area (Å²) in [6.07, 6.45) is 0.0266. The summed E-state index contributed by atoms with van der Waals surface area (Å²) in [5.41, 5.74) is -0.159. The molecule has 6 heteroatoms. The van der Waals surface area contributed by atoms with Gasteiger partial charge in [-0.25, -0.2) is 4.39 Å². The van der Waals surface area contributed by atoms with Crippen molar-refractivity contribution in [3.8, 4) is 6.07 Å². The van der Waals surface area contributed by atoms with Crippen LogP contribution in [-0.2, 0) is 4.79 Å². The lowest BCUT2D eigenvalue weighted by Gasteiger charge is -2.06. The predicted molar refractivity (Wildman–Crippen MR) is 55.7 cm³/mol. The highest BCUT2D eigenvalue weighted by Gasteiger charge is 2.12. The third kappa shape index (κ3) is 2.55. The molecule has 0 bridgehead atoms. The maximum Gasteiger partial charge on any atom is 0.238 e. The van der Waals surface area contributed by atoms with E-state index >= 15 is 0 Å². The minimum absolute atomic E-state index is 0.00236. The summed E-state index contributed by atoms with van der Waals surface area (Å²) in [6, 6.07) is 4.11. The fourth-order valence-electron chi connectivity index (χ4n) is 1.02. The quantitative estimate of drug-likeness (QED) is 0.823. The molecule has 0 aliphatic rings. The zero-order chi connectivity index (χ0) is 12.1. The molecular weight excluding hydrogens is 235 g/mol. The first kappa shape index (κ1) is 12.1. The van der Waals surface area contributed by atoms with Crippen molar-refractivity contribution in [2.45, 2.75) is 6.42 Å². The van der Waals surface area contributed by atoms with Gasteiger partial charge in [0.25, 0.3) is 0 Å². The first-order valence-electron chi connectivity index (χ1n) is 4.20. The van der Waals surface area contributed by atoms with E-state index in [4.69, 9.17) is 16.9 Å². The molecule has 0 atom stereocenters. The first-order valence-corrected chi connectivity index (χ1v) is 4.58. The van der Waals surface area contributed by atoms with Crippen molar-refractivity contribution in [1.82, 2.24) is 0 Å². The number of anilines is 1. The standard InChI is InChI=1S/C10H6ClFN2O2/c11-9-6(5-15)1-2-7(10(9)12)14-8(16)3-4-13/h1-2,5H,3H2,(H,14,16). The highest BCUT2D eigenvalue weighted by molar-refractivity contribution is 6.33. The Bertz CT molecular complexity index is 482. The van der Waals surface area contributed by atoms with Crippen LogP contribution in [0.15, 0.2) is 12.1 Å². The van der Waals surface area contributed by atoms with Crippen LogP contribution in [0.5, 0.6) is 0 Å². The largest absolute Gasteiger partial charge is 0.323 e. The molecule has 0 saturated carbocycles. The van der Waals surface area contributed by atoms with Gasteiger partial charge in [0, 0.05) is 5.56 Å². The van der Waals surface area contributed by atoms with Crippen LogP contribution in [-0.4, -0.2) is 12.2 Å². The number of nitrogens with zero attached hydrogens (tertiary/aromatic N) is 1. The monoisotopic (exact) mass is 240 g/mol. The van der Waals surface area contributed by atoms with Crippen LogP contribution in [0, 0.1) is 17.1 Å². The number of carbonyl (C=O) groups is 2. The van der Waals surface area contributed by atoms with E-state index in [0.29, 0.717) is 6.29 Å². The minimum Gasteiger partial charge on any atom is -0.323 e. The Morgan fingerprint density at radius 2 is 2.31 bits per heavy atom. The number of nitriles is 1. The molecule has 0 unspecified atom stereocenters. The Labute approximate surface area is 95.6 Å². The molecule has 1 aromatic rings.